The molecule has 0 atom stereocenters. The highest BCUT2D eigenvalue weighted by atomic mass is 32.1. The maximum Gasteiger partial charge on any atom is 0.227 e. The van der Waals surface area contributed by atoms with Crippen LogP contribution in [0.4, 0.5) is 0 Å². The van der Waals surface area contributed by atoms with Crippen molar-refractivity contribution in [3.63, 3.8) is 0 Å². The molecule has 0 fully saturated rings. The van der Waals surface area contributed by atoms with E-state index in [9.17, 15) is 4.79 Å². The Hall–Kier alpha value is -3.95. The molecular weight excluding hydrogens is 406 g/mol. The van der Waals surface area contributed by atoms with Crippen LogP contribution in [0.5, 0.6) is 0 Å². The Kier molecular flexibility index (Phi) is 4.95. The molecule has 0 unspecified atom stereocenters. The Morgan fingerprint density at radius 3 is 2.74 bits per heavy atom. The van der Waals surface area contributed by atoms with Gasteiger partial charge in [-0.15, -0.1) is 11.3 Å². The number of amides is 1. The summed E-state index contributed by atoms with van der Waals surface area (Å²) in [6, 6.07) is 23.5. The number of benzene rings is 3. The van der Waals surface area contributed by atoms with Crippen LogP contribution >= 0.6 is 11.3 Å². The number of aromatic nitrogens is 1. The van der Waals surface area contributed by atoms with Crippen molar-refractivity contribution in [3.05, 3.63) is 89.1 Å². The number of rotatable bonds is 5. The van der Waals surface area contributed by atoms with Gasteiger partial charge in [-0.05, 0) is 35.0 Å². The number of hydrogen-bond donors (Lipinski definition) is 1. The van der Waals surface area contributed by atoms with Crippen molar-refractivity contribution in [1.82, 2.24) is 10.3 Å². The third kappa shape index (κ3) is 3.91. The molecular formula is C25H17N3O2S. The second-order valence-corrected chi connectivity index (χ2v) is 8.06. The summed E-state index contributed by atoms with van der Waals surface area (Å²) in [6.07, 6.45) is 0.176. The van der Waals surface area contributed by atoms with Crippen LogP contribution in [0.15, 0.2) is 76.5 Å². The minimum Gasteiger partial charge on any atom is -0.461 e. The van der Waals surface area contributed by atoms with Crippen molar-refractivity contribution in [2.75, 3.05) is 0 Å². The van der Waals surface area contributed by atoms with Crippen LogP contribution in [0, 0.1) is 11.3 Å². The van der Waals surface area contributed by atoms with Gasteiger partial charge in [0.1, 0.15) is 16.4 Å². The number of thiazole rings is 1. The Labute approximate surface area is 182 Å². The Morgan fingerprint density at radius 1 is 1.06 bits per heavy atom. The largest absolute Gasteiger partial charge is 0.461 e. The van der Waals surface area contributed by atoms with Gasteiger partial charge in [0.05, 0.1) is 30.3 Å². The average molecular weight is 423 g/mol. The highest BCUT2D eigenvalue weighted by Crippen LogP contribution is 2.28. The fraction of sp³-hybridized carbons (Fsp3) is 0.0800. The molecule has 5 nitrogen and oxygen atoms in total. The molecule has 0 aliphatic rings. The molecule has 6 heteroatoms. The van der Waals surface area contributed by atoms with E-state index in [4.69, 9.17) is 9.68 Å². The van der Waals surface area contributed by atoms with Crippen LogP contribution in [-0.4, -0.2) is 10.9 Å². The number of nitrogens with one attached hydrogen (secondary N) is 1. The topological polar surface area (TPSA) is 78.9 Å². The number of carbonyl (C=O) groups is 1. The molecule has 1 amide bonds. The molecule has 2 aromatic heterocycles. The molecule has 2 heterocycles. The predicted octanol–water partition coefficient (Wildman–Crippen LogP) is 5.44. The van der Waals surface area contributed by atoms with E-state index in [-0.39, 0.29) is 12.3 Å². The van der Waals surface area contributed by atoms with Crippen LogP contribution in [0.1, 0.15) is 17.0 Å². The first-order chi connectivity index (χ1) is 15.2. The number of hydrogen-bond acceptors (Lipinski definition) is 5. The highest BCUT2D eigenvalue weighted by Gasteiger charge is 2.12. The van der Waals surface area contributed by atoms with Crippen molar-refractivity contribution in [2.24, 2.45) is 0 Å². The zero-order valence-electron chi connectivity index (χ0n) is 16.5. The number of carbonyl (C=O) groups excluding carboxylic acids is 1. The standard InChI is InChI=1S/C25H17N3O2S/c26-13-16-5-7-18(8-6-16)25-28-19(15-31-25)14-27-24(29)12-20-11-22-21-4-2-1-3-17(21)9-10-23(22)30-20/h1-11,15H,12,14H2,(H,27,29). The summed E-state index contributed by atoms with van der Waals surface area (Å²) < 4.78 is 5.88. The summed E-state index contributed by atoms with van der Waals surface area (Å²) >= 11 is 1.51. The SMILES string of the molecule is N#Cc1ccc(-c2nc(CNC(=O)Cc3cc4c(ccc5ccccc54)o3)cs2)cc1. The average Bonchev–Trinajstić information content (AvgIpc) is 3.44. The van der Waals surface area contributed by atoms with E-state index in [2.05, 4.69) is 28.5 Å². The van der Waals surface area contributed by atoms with E-state index < -0.39 is 0 Å². The van der Waals surface area contributed by atoms with Gasteiger partial charge < -0.3 is 9.73 Å². The van der Waals surface area contributed by atoms with Crippen LogP contribution in [-0.2, 0) is 17.8 Å². The van der Waals surface area contributed by atoms with Gasteiger partial charge in [0, 0.05) is 16.3 Å². The zero-order chi connectivity index (χ0) is 21.2. The lowest BCUT2D eigenvalue weighted by Gasteiger charge is -2.01. The Balaban J connectivity index is 1.25. The Morgan fingerprint density at radius 2 is 1.90 bits per heavy atom. The highest BCUT2D eigenvalue weighted by molar-refractivity contribution is 7.13. The molecule has 5 aromatic rings. The van der Waals surface area contributed by atoms with Gasteiger partial charge in [-0.1, -0.05) is 42.5 Å². The fourth-order valence-electron chi connectivity index (χ4n) is 3.55. The number of nitrogens with zero attached hydrogens (tertiary/aromatic N) is 2. The van der Waals surface area contributed by atoms with Crippen LogP contribution < -0.4 is 5.32 Å². The zero-order valence-corrected chi connectivity index (χ0v) is 17.3. The Bertz CT molecular complexity index is 1440. The molecule has 1 N–H and O–H groups in total. The molecule has 0 radical (unpaired) electrons. The van der Waals surface area contributed by atoms with E-state index in [1.165, 1.54) is 11.3 Å². The molecule has 0 saturated heterocycles. The van der Waals surface area contributed by atoms with Crippen LogP contribution in [0.3, 0.4) is 0 Å². The van der Waals surface area contributed by atoms with Gasteiger partial charge in [-0.2, -0.15) is 5.26 Å². The van der Waals surface area contributed by atoms with E-state index in [1.54, 1.807) is 12.1 Å². The summed E-state index contributed by atoms with van der Waals surface area (Å²) in [5.41, 5.74) is 3.16. The van der Waals surface area contributed by atoms with E-state index in [0.29, 0.717) is 17.9 Å². The minimum atomic E-state index is -0.115. The van der Waals surface area contributed by atoms with E-state index >= 15 is 0 Å². The lowest BCUT2D eigenvalue weighted by atomic mass is 10.1. The fourth-order valence-corrected chi connectivity index (χ4v) is 4.38. The normalized spacial score (nSPS) is 10.9. The molecule has 0 aliphatic heterocycles. The molecule has 0 bridgehead atoms. The third-order valence-electron chi connectivity index (χ3n) is 5.09. The molecule has 0 aliphatic carbocycles. The number of nitriles is 1. The van der Waals surface area contributed by atoms with Crippen molar-refractivity contribution in [1.29, 1.82) is 5.26 Å². The molecule has 0 spiro atoms. The summed E-state index contributed by atoms with van der Waals surface area (Å²) in [4.78, 5) is 17.0. The summed E-state index contributed by atoms with van der Waals surface area (Å²) in [6.45, 7) is 0.356. The second-order valence-electron chi connectivity index (χ2n) is 7.20. The van der Waals surface area contributed by atoms with Crippen molar-refractivity contribution >= 4 is 39.0 Å². The summed E-state index contributed by atoms with van der Waals surface area (Å²) in [5, 5.41) is 17.9. The van der Waals surface area contributed by atoms with Gasteiger partial charge in [-0.3, -0.25) is 4.79 Å². The van der Waals surface area contributed by atoms with Gasteiger partial charge in [0.25, 0.3) is 0 Å². The maximum atomic E-state index is 12.4. The van der Waals surface area contributed by atoms with Crippen LogP contribution in [0.25, 0.3) is 32.3 Å². The quantitative estimate of drug-likeness (QED) is 0.408. The van der Waals surface area contributed by atoms with E-state index in [1.807, 2.05) is 47.8 Å². The van der Waals surface area contributed by atoms with Crippen molar-refractivity contribution in [2.45, 2.75) is 13.0 Å². The number of fused-ring (bicyclic) bond motifs is 3. The first-order valence-electron chi connectivity index (χ1n) is 9.81. The first-order valence-corrected chi connectivity index (χ1v) is 10.7. The maximum absolute atomic E-state index is 12.4. The van der Waals surface area contributed by atoms with E-state index in [0.717, 1.165) is 38.0 Å². The predicted molar refractivity (Wildman–Crippen MR) is 122 cm³/mol. The van der Waals surface area contributed by atoms with Gasteiger partial charge in [-0.25, -0.2) is 4.98 Å². The molecule has 31 heavy (non-hydrogen) atoms. The second kappa shape index (κ2) is 8.05. The molecule has 150 valence electrons. The molecule has 5 rings (SSSR count). The number of furan rings is 1. The van der Waals surface area contributed by atoms with Gasteiger partial charge >= 0.3 is 0 Å². The monoisotopic (exact) mass is 423 g/mol. The van der Waals surface area contributed by atoms with Crippen molar-refractivity contribution in [3.8, 4) is 16.6 Å². The third-order valence-corrected chi connectivity index (χ3v) is 6.03. The first kappa shape index (κ1) is 19.0. The minimum absolute atomic E-state index is 0.115. The summed E-state index contributed by atoms with van der Waals surface area (Å²) in [7, 11) is 0. The lowest BCUT2D eigenvalue weighted by molar-refractivity contribution is -0.120. The van der Waals surface area contributed by atoms with Gasteiger partial charge in [0.15, 0.2) is 0 Å². The smallest absolute Gasteiger partial charge is 0.227 e. The van der Waals surface area contributed by atoms with Gasteiger partial charge in [0.2, 0.25) is 5.91 Å². The lowest BCUT2D eigenvalue weighted by Crippen LogP contribution is -2.24. The van der Waals surface area contributed by atoms with Crippen LogP contribution in [0.2, 0.25) is 0 Å². The van der Waals surface area contributed by atoms with Crippen molar-refractivity contribution < 1.29 is 9.21 Å². The molecule has 0 saturated carbocycles. The summed E-state index contributed by atoms with van der Waals surface area (Å²) in [5.74, 6) is 0.525. The molecule has 3 aromatic carbocycles.